The highest BCUT2D eigenvalue weighted by Gasteiger charge is 2.16. The summed E-state index contributed by atoms with van der Waals surface area (Å²) in [6.45, 7) is 5.53. The molecule has 0 unspecified atom stereocenters. The van der Waals surface area contributed by atoms with Crippen LogP contribution in [0.2, 0.25) is 0 Å². The molecule has 5 aromatic rings. The predicted molar refractivity (Wildman–Crippen MR) is 129 cm³/mol. The van der Waals surface area contributed by atoms with Crippen LogP contribution in [0.5, 0.6) is 0 Å². The number of pyridine rings is 1. The quantitative estimate of drug-likeness (QED) is 0.410. The molecule has 7 heteroatoms. The van der Waals surface area contributed by atoms with Gasteiger partial charge < -0.3 is 5.32 Å². The lowest BCUT2D eigenvalue weighted by molar-refractivity contribution is 0.102. The number of fused-ring (bicyclic) bond motifs is 1. The molecule has 0 aliphatic rings. The lowest BCUT2D eigenvalue weighted by atomic mass is 10.0. The molecule has 0 saturated carbocycles. The van der Waals surface area contributed by atoms with Crippen LogP contribution in [0.15, 0.2) is 79.3 Å². The zero-order chi connectivity index (χ0) is 22.8. The maximum absolute atomic E-state index is 13.3. The minimum Gasteiger partial charge on any atom is -0.305 e. The largest absolute Gasteiger partial charge is 0.305 e. The van der Waals surface area contributed by atoms with E-state index in [2.05, 4.69) is 34.6 Å². The van der Waals surface area contributed by atoms with Crippen molar-refractivity contribution in [3.63, 3.8) is 0 Å². The molecule has 0 aliphatic heterocycles. The first kappa shape index (κ1) is 20.6. The molecule has 0 aliphatic carbocycles. The Kier molecular flexibility index (Phi) is 5.44. The van der Waals surface area contributed by atoms with E-state index in [4.69, 9.17) is 4.98 Å². The fraction of sp³-hybridized carbons (Fsp3) is 0.154. The summed E-state index contributed by atoms with van der Waals surface area (Å²) in [5.74, 6) is 0.286. The number of nitrogens with zero attached hydrogens (tertiary/aromatic N) is 5. The van der Waals surface area contributed by atoms with Crippen molar-refractivity contribution in [3.8, 4) is 11.3 Å². The molecule has 164 valence electrons. The molecule has 2 aromatic carbocycles. The zero-order valence-corrected chi connectivity index (χ0v) is 18.6. The number of carbonyl (C=O) groups excluding carboxylic acids is 1. The Hall–Kier alpha value is -4.26. The van der Waals surface area contributed by atoms with E-state index in [1.807, 2.05) is 77.2 Å². The highest BCUT2D eigenvalue weighted by Crippen LogP contribution is 2.25. The van der Waals surface area contributed by atoms with Crippen LogP contribution in [0.4, 0.5) is 5.82 Å². The van der Waals surface area contributed by atoms with Crippen molar-refractivity contribution in [2.45, 2.75) is 26.9 Å². The van der Waals surface area contributed by atoms with Gasteiger partial charge in [-0.1, -0.05) is 42.5 Å². The van der Waals surface area contributed by atoms with Crippen LogP contribution < -0.4 is 5.32 Å². The Bertz CT molecular complexity index is 1450. The maximum Gasteiger partial charge on any atom is 0.257 e. The van der Waals surface area contributed by atoms with E-state index >= 15 is 0 Å². The third kappa shape index (κ3) is 4.25. The summed E-state index contributed by atoms with van der Waals surface area (Å²) in [5.41, 5.74) is 5.29. The Balaban J connectivity index is 1.44. The third-order valence-corrected chi connectivity index (χ3v) is 5.69. The summed E-state index contributed by atoms with van der Waals surface area (Å²) < 4.78 is 3.67. The second-order valence-electron chi connectivity index (χ2n) is 7.94. The van der Waals surface area contributed by atoms with Crippen LogP contribution in [-0.4, -0.2) is 30.5 Å². The summed E-state index contributed by atoms with van der Waals surface area (Å²) in [6, 6.07) is 19.5. The van der Waals surface area contributed by atoms with Crippen molar-refractivity contribution in [2.75, 3.05) is 5.32 Å². The van der Waals surface area contributed by atoms with E-state index in [1.165, 1.54) is 11.1 Å². The molecule has 0 radical (unpaired) electrons. The highest BCUT2D eigenvalue weighted by atomic mass is 16.1. The normalized spacial score (nSPS) is 11.1. The van der Waals surface area contributed by atoms with Crippen LogP contribution in [-0.2, 0) is 13.1 Å². The van der Waals surface area contributed by atoms with Gasteiger partial charge in [-0.3, -0.25) is 14.2 Å². The molecule has 7 nitrogen and oxygen atoms in total. The first-order chi connectivity index (χ1) is 16.1. The summed E-state index contributed by atoms with van der Waals surface area (Å²) >= 11 is 0. The summed E-state index contributed by atoms with van der Waals surface area (Å²) in [7, 11) is 0. The number of para-hydroxylation sites is 1. The maximum atomic E-state index is 13.3. The Morgan fingerprint density at radius 1 is 1.03 bits per heavy atom. The van der Waals surface area contributed by atoms with Gasteiger partial charge in [0.2, 0.25) is 0 Å². The van der Waals surface area contributed by atoms with Crippen molar-refractivity contribution < 1.29 is 4.79 Å². The molecule has 0 spiro atoms. The number of aryl methyl sites for hydroxylation is 2. The Morgan fingerprint density at radius 3 is 2.67 bits per heavy atom. The molecule has 0 bridgehead atoms. The van der Waals surface area contributed by atoms with Crippen LogP contribution in [0.3, 0.4) is 0 Å². The summed E-state index contributed by atoms with van der Waals surface area (Å²) in [4.78, 5) is 18.0. The van der Waals surface area contributed by atoms with Gasteiger partial charge in [-0.25, -0.2) is 4.98 Å². The molecule has 5 rings (SSSR count). The van der Waals surface area contributed by atoms with Crippen molar-refractivity contribution in [1.82, 2.24) is 24.5 Å². The van der Waals surface area contributed by atoms with Gasteiger partial charge in [-0.15, -0.1) is 0 Å². The molecule has 0 fully saturated rings. The first-order valence-electron chi connectivity index (χ1n) is 10.9. The van der Waals surface area contributed by atoms with E-state index in [9.17, 15) is 4.79 Å². The van der Waals surface area contributed by atoms with Crippen molar-refractivity contribution >= 4 is 22.6 Å². The fourth-order valence-electron chi connectivity index (χ4n) is 3.84. The number of nitrogens with one attached hydrogen (secondary N) is 1. The lowest BCUT2D eigenvalue weighted by Gasteiger charge is -2.09. The number of hydrogen-bond donors (Lipinski definition) is 1. The minimum absolute atomic E-state index is 0.223. The second-order valence-corrected chi connectivity index (χ2v) is 7.94. The van der Waals surface area contributed by atoms with Crippen molar-refractivity contribution in [2.24, 2.45) is 0 Å². The van der Waals surface area contributed by atoms with E-state index in [1.54, 1.807) is 6.20 Å². The lowest BCUT2D eigenvalue weighted by Crippen LogP contribution is -2.14. The first-order valence-corrected chi connectivity index (χ1v) is 10.9. The van der Waals surface area contributed by atoms with Gasteiger partial charge in [0.1, 0.15) is 0 Å². The van der Waals surface area contributed by atoms with Crippen LogP contribution in [0.25, 0.3) is 22.2 Å². The van der Waals surface area contributed by atoms with E-state index in [0.717, 1.165) is 23.0 Å². The topological polar surface area (TPSA) is 77.6 Å². The predicted octanol–water partition coefficient (Wildman–Crippen LogP) is 4.92. The van der Waals surface area contributed by atoms with Gasteiger partial charge in [0.15, 0.2) is 5.82 Å². The van der Waals surface area contributed by atoms with Gasteiger partial charge in [0.25, 0.3) is 5.91 Å². The molecule has 33 heavy (non-hydrogen) atoms. The van der Waals surface area contributed by atoms with Crippen LogP contribution in [0.1, 0.15) is 28.4 Å². The van der Waals surface area contributed by atoms with Crippen LogP contribution >= 0.6 is 0 Å². The fourth-order valence-corrected chi connectivity index (χ4v) is 3.84. The minimum atomic E-state index is -0.223. The van der Waals surface area contributed by atoms with E-state index in [0.29, 0.717) is 23.6 Å². The molecule has 3 heterocycles. The van der Waals surface area contributed by atoms with Crippen LogP contribution in [0, 0.1) is 6.92 Å². The van der Waals surface area contributed by atoms with E-state index in [-0.39, 0.29) is 5.91 Å². The smallest absolute Gasteiger partial charge is 0.257 e. The number of anilines is 1. The molecule has 1 N–H and O–H groups in total. The molecule has 3 aromatic heterocycles. The van der Waals surface area contributed by atoms with Gasteiger partial charge in [0, 0.05) is 36.0 Å². The highest BCUT2D eigenvalue weighted by molar-refractivity contribution is 6.12. The number of amides is 1. The van der Waals surface area contributed by atoms with Crippen molar-refractivity contribution in [1.29, 1.82) is 0 Å². The summed E-state index contributed by atoms with van der Waals surface area (Å²) in [5, 5.41) is 12.6. The molecular weight excluding hydrogens is 412 g/mol. The number of hydrogen-bond acceptors (Lipinski definition) is 4. The van der Waals surface area contributed by atoms with Gasteiger partial charge in [-0.05, 0) is 37.1 Å². The number of benzene rings is 2. The zero-order valence-electron chi connectivity index (χ0n) is 18.6. The van der Waals surface area contributed by atoms with Gasteiger partial charge in [-0.2, -0.15) is 10.2 Å². The monoisotopic (exact) mass is 436 g/mol. The molecular formula is C26H24N6O. The number of aromatic nitrogens is 5. The average molecular weight is 437 g/mol. The average Bonchev–Trinajstić information content (AvgIpc) is 3.49. The van der Waals surface area contributed by atoms with Gasteiger partial charge in [0.05, 0.1) is 29.5 Å². The molecule has 0 atom stereocenters. The molecule has 0 saturated heterocycles. The third-order valence-electron chi connectivity index (χ3n) is 5.69. The Labute approximate surface area is 191 Å². The SMILES string of the molecule is CCn1cc(-c2cc(C(=O)Nc3ccn(Cc4ccccc4C)n3)c3ccccc3n2)cn1. The Morgan fingerprint density at radius 2 is 1.85 bits per heavy atom. The second kappa shape index (κ2) is 8.70. The van der Waals surface area contributed by atoms with Crippen molar-refractivity contribution in [3.05, 3.63) is 95.9 Å². The van der Waals surface area contributed by atoms with Gasteiger partial charge >= 0.3 is 0 Å². The standard InChI is InChI=1S/C26H24N6O/c1-3-31-17-20(15-27-31)24-14-22(21-10-6-7-11-23(21)28-24)26(33)29-25-12-13-32(30-25)16-19-9-5-4-8-18(19)2/h4-15,17H,3,16H2,1-2H3,(H,29,30,33). The molecule has 1 amide bonds. The number of rotatable bonds is 6. The number of carbonyl (C=O) groups is 1. The van der Waals surface area contributed by atoms with E-state index < -0.39 is 0 Å². The summed E-state index contributed by atoms with van der Waals surface area (Å²) in [6.07, 6.45) is 5.58.